The number of esters is 2. The number of allylic oxidation sites excluding steroid dienone is 12. The molecule has 0 fully saturated rings. The van der Waals surface area contributed by atoms with Gasteiger partial charge in [0.1, 0.15) is 6.61 Å². The number of carbonyl (C=O) groups is 2. The van der Waals surface area contributed by atoms with E-state index in [0.717, 1.165) is 89.9 Å². The summed E-state index contributed by atoms with van der Waals surface area (Å²) in [5.74, 6) is -0.418. The highest BCUT2D eigenvalue weighted by Crippen LogP contribution is 2.14. The molecule has 0 aromatic rings. The molecule has 0 aromatic heterocycles. The van der Waals surface area contributed by atoms with Gasteiger partial charge in [0.25, 0.3) is 0 Å². The lowest BCUT2D eigenvalue weighted by atomic mass is 10.1. The lowest BCUT2D eigenvalue weighted by molar-refractivity contribution is -0.163. The molecule has 5 heteroatoms. The van der Waals surface area contributed by atoms with Crippen LogP contribution in [0.3, 0.4) is 0 Å². The Balaban J connectivity index is 4.26. The van der Waals surface area contributed by atoms with Crippen LogP contribution in [0.5, 0.6) is 0 Å². The van der Waals surface area contributed by atoms with Gasteiger partial charge in [-0.2, -0.15) is 0 Å². The highest BCUT2D eigenvalue weighted by molar-refractivity contribution is 5.70. The fraction of sp³-hybridized carbons (Fsp3) is 0.745. The van der Waals surface area contributed by atoms with E-state index in [1.807, 2.05) is 0 Å². The first kappa shape index (κ1) is 57.3. The summed E-state index contributed by atoms with van der Waals surface area (Å²) in [6, 6.07) is 0. The minimum atomic E-state index is -0.546. The zero-order chi connectivity index (χ0) is 43.5. The average molecular weight is 837 g/mol. The van der Waals surface area contributed by atoms with E-state index in [2.05, 4.69) is 93.7 Å². The molecule has 0 aliphatic heterocycles. The summed E-state index contributed by atoms with van der Waals surface area (Å²) in [6.07, 6.45) is 64.8. The zero-order valence-electron chi connectivity index (χ0n) is 39.7. The van der Waals surface area contributed by atoms with E-state index in [1.54, 1.807) is 0 Å². The van der Waals surface area contributed by atoms with Crippen molar-refractivity contribution in [3.63, 3.8) is 0 Å². The van der Waals surface area contributed by atoms with Gasteiger partial charge >= 0.3 is 11.9 Å². The topological polar surface area (TPSA) is 61.8 Å². The molecule has 0 amide bonds. The van der Waals surface area contributed by atoms with Crippen LogP contribution in [-0.2, 0) is 23.8 Å². The summed E-state index contributed by atoms with van der Waals surface area (Å²) in [5.41, 5.74) is 0. The first-order valence-electron chi connectivity index (χ1n) is 25.5. The van der Waals surface area contributed by atoms with Crippen molar-refractivity contribution < 1.29 is 23.8 Å². The van der Waals surface area contributed by atoms with Crippen LogP contribution in [0.2, 0.25) is 0 Å². The van der Waals surface area contributed by atoms with Crippen molar-refractivity contribution in [2.24, 2.45) is 0 Å². The minimum absolute atomic E-state index is 0.0730. The minimum Gasteiger partial charge on any atom is -0.462 e. The fourth-order valence-corrected chi connectivity index (χ4v) is 7.01. The first-order valence-corrected chi connectivity index (χ1v) is 25.5. The van der Waals surface area contributed by atoms with Crippen molar-refractivity contribution in [2.75, 3.05) is 19.8 Å². The van der Waals surface area contributed by atoms with Gasteiger partial charge in [0, 0.05) is 19.4 Å². The van der Waals surface area contributed by atoms with Crippen molar-refractivity contribution in [1.82, 2.24) is 0 Å². The Bertz CT molecular complexity index is 1080. The molecule has 0 heterocycles. The molecular formula is C55H96O5. The molecule has 0 aromatic carbocycles. The molecule has 346 valence electrons. The Morgan fingerprint density at radius 1 is 0.383 bits per heavy atom. The fourth-order valence-electron chi connectivity index (χ4n) is 7.01. The lowest BCUT2D eigenvalue weighted by Gasteiger charge is -2.18. The van der Waals surface area contributed by atoms with Crippen LogP contribution in [0, 0.1) is 0 Å². The van der Waals surface area contributed by atoms with Crippen LogP contribution in [-0.4, -0.2) is 37.9 Å². The van der Waals surface area contributed by atoms with E-state index >= 15 is 0 Å². The lowest BCUT2D eigenvalue weighted by Crippen LogP contribution is -2.30. The van der Waals surface area contributed by atoms with E-state index in [1.165, 1.54) is 116 Å². The molecule has 0 N–H and O–H groups in total. The van der Waals surface area contributed by atoms with Gasteiger partial charge in [-0.25, -0.2) is 0 Å². The summed E-state index contributed by atoms with van der Waals surface area (Å²) in [6.45, 7) is 7.58. The normalized spacial score (nSPS) is 12.8. The van der Waals surface area contributed by atoms with Crippen LogP contribution in [0.25, 0.3) is 0 Å². The summed E-state index contributed by atoms with van der Waals surface area (Å²) < 4.78 is 17.4. The maximum atomic E-state index is 12.8. The quantitative estimate of drug-likeness (QED) is 0.0347. The van der Waals surface area contributed by atoms with E-state index in [9.17, 15) is 9.59 Å². The van der Waals surface area contributed by atoms with Crippen LogP contribution in [0.4, 0.5) is 0 Å². The summed E-state index contributed by atoms with van der Waals surface area (Å²) in [4.78, 5) is 25.3. The van der Waals surface area contributed by atoms with Gasteiger partial charge in [-0.15, -0.1) is 0 Å². The summed E-state index contributed by atoms with van der Waals surface area (Å²) >= 11 is 0. The van der Waals surface area contributed by atoms with Gasteiger partial charge in [0.05, 0.1) is 6.61 Å². The molecule has 1 unspecified atom stereocenters. The van der Waals surface area contributed by atoms with Gasteiger partial charge in [0.15, 0.2) is 6.10 Å². The Labute approximate surface area is 372 Å². The van der Waals surface area contributed by atoms with Crippen LogP contribution < -0.4 is 0 Å². The zero-order valence-corrected chi connectivity index (χ0v) is 39.7. The Kier molecular flexibility index (Phi) is 48.4. The van der Waals surface area contributed by atoms with E-state index in [4.69, 9.17) is 14.2 Å². The number of hydrogen-bond acceptors (Lipinski definition) is 5. The van der Waals surface area contributed by atoms with Crippen molar-refractivity contribution in [3.05, 3.63) is 72.9 Å². The van der Waals surface area contributed by atoms with Gasteiger partial charge in [-0.1, -0.05) is 216 Å². The van der Waals surface area contributed by atoms with Gasteiger partial charge in [0.2, 0.25) is 0 Å². The molecular weight excluding hydrogens is 741 g/mol. The predicted octanol–water partition coefficient (Wildman–Crippen LogP) is 17.1. The van der Waals surface area contributed by atoms with Crippen LogP contribution >= 0.6 is 0 Å². The molecule has 0 aliphatic rings. The third-order valence-electron chi connectivity index (χ3n) is 10.7. The van der Waals surface area contributed by atoms with Crippen molar-refractivity contribution in [1.29, 1.82) is 0 Å². The third-order valence-corrected chi connectivity index (χ3v) is 10.7. The Hall–Kier alpha value is -2.66. The highest BCUT2D eigenvalue weighted by Gasteiger charge is 2.17. The highest BCUT2D eigenvalue weighted by atomic mass is 16.6. The molecule has 0 radical (unpaired) electrons. The van der Waals surface area contributed by atoms with Gasteiger partial charge in [-0.3, -0.25) is 9.59 Å². The van der Waals surface area contributed by atoms with Crippen LogP contribution in [0.1, 0.15) is 239 Å². The van der Waals surface area contributed by atoms with E-state index in [-0.39, 0.29) is 25.2 Å². The van der Waals surface area contributed by atoms with E-state index in [0.29, 0.717) is 19.4 Å². The van der Waals surface area contributed by atoms with Crippen molar-refractivity contribution in [3.8, 4) is 0 Å². The molecule has 0 spiro atoms. The number of hydrogen-bond donors (Lipinski definition) is 0. The summed E-state index contributed by atoms with van der Waals surface area (Å²) in [5, 5.41) is 0. The number of carbonyl (C=O) groups excluding carboxylic acids is 2. The second-order valence-corrected chi connectivity index (χ2v) is 16.7. The smallest absolute Gasteiger partial charge is 0.306 e. The Morgan fingerprint density at radius 2 is 0.750 bits per heavy atom. The molecule has 1 atom stereocenters. The van der Waals surface area contributed by atoms with Crippen molar-refractivity contribution in [2.45, 2.75) is 245 Å². The second-order valence-electron chi connectivity index (χ2n) is 16.7. The maximum absolute atomic E-state index is 12.8. The molecule has 0 saturated carbocycles. The average Bonchev–Trinajstić information content (AvgIpc) is 3.25. The molecule has 0 aliphatic carbocycles. The first-order chi connectivity index (χ1) is 29.6. The van der Waals surface area contributed by atoms with E-state index < -0.39 is 6.10 Å². The maximum Gasteiger partial charge on any atom is 0.306 e. The molecule has 60 heavy (non-hydrogen) atoms. The number of unbranched alkanes of at least 4 members (excludes halogenated alkanes) is 23. The standard InChI is InChI=1S/C55H96O5/c1-4-7-10-13-16-19-22-24-26-27-28-30-32-35-38-41-44-47-50-58-51-53(60-55(57)49-46-43-40-37-33-21-18-15-12-9-6-3)52-59-54(56)48-45-42-39-36-34-31-29-25-23-20-17-14-11-8-5-2/h7-8,10-11,16-17,19-20,24-26,29,53H,4-6,9,12-15,18,21-23,27-28,30-52H2,1-3H3/b10-7-,11-8-,19-16-,20-17-,26-24-,29-25-. The van der Waals surface area contributed by atoms with Crippen molar-refractivity contribution >= 4 is 11.9 Å². The molecule has 0 rings (SSSR count). The molecule has 0 bridgehead atoms. The SMILES string of the molecule is CC/C=C\C/C=C\C/C=C\CCCCCCCCCCOCC(COC(=O)CCCCCCC/C=C\C/C=C\C/C=C\CC)OC(=O)CCCCCCCCCCCCC. The number of rotatable bonds is 46. The molecule has 0 saturated heterocycles. The predicted molar refractivity (Wildman–Crippen MR) is 260 cm³/mol. The van der Waals surface area contributed by atoms with Crippen LogP contribution in [0.15, 0.2) is 72.9 Å². The Morgan fingerprint density at radius 3 is 1.20 bits per heavy atom. The summed E-state index contributed by atoms with van der Waals surface area (Å²) in [7, 11) is 0. The monoisotopic (exact) mass is 837 g/mol. The molecule has 5 nitrogen and oxygen atoms in total. The van der Waals surface area contributed by atoms with Gasteiger partial charge < -0.3 is 14.2 Å². The van der Waals surface area contributed by atoms with Gasteiger partial charge in [-0.05, 0) is 83.5 Å². The largest absolute Gasteiger partial charge is 0.462 e. The third kappa shape index (κ3) is 48.0. The number of ether oxygens (including phenoxy) is 3. The second kappa shape index (κ2) is 50.7.